The highest BCUT2D eigenvalue weighted by atomic mass is 127. The summed E-state index contributed by atoms with van der Waals surface area (Å²) in [6.07, 6.45) is 4.32. The van der Waals surface area contributed by atoms with E-state index in [0.717, 1.165) is 70.2 Å². The molecule has 0 unspecified atom stereocenters. The van der Waals surface area contributed by atoms with Crippen LogP contribution in [0.1, 0.15) is 35.1 Å². The van der Waals surface area contributed by atoms with Crippen LogP contribution in [0.25, 0.3) is 0 Å². The van der Waals surface area contributed by atoms with Crippen molar-refractivity contribution in [2.24, 2.45) is 4.99 Å². The van der Waals surface area contributed by atoms with Crippen LogP contribution in [0.15, 0.2) is 47.5 Å². The number of nitrogens with one attached hydrogen (secondary N) is 2. The van der Waals surface area contributed by atoms with Gasteiger partial charge in [-0.1, -0.05) is 36.4 Å². The lowest BCUT2D eigenvalue weighted by Gasteiger charge is -2.33. The standard InChI is InChI=1S/C25H34N4O.HI/c1-19-5-3-4-6-22(19)18-29-14-10-23(11-15-29)28-25(26-2)27-13-9-20-7-8-24-21(17-20)12-16-30-24;/h3-8,17,23H,9-16,18H2,1-2H3,(H2,26,27,28);1H. The molecule has 1 fully saturated rings. The highest BCUT2D eigenvalue weighted by Crippen LogP contribution is 2.25. The first-order valence-corrected chi connectivity index (χ1v) is 11.2. The van der Waals surface area contributed by atoms with Crippen LogP contribution < -0.4 is 15.4 Å². The molecule has 0 aromatic heterocycles. The van der Waals surface area contributed by atoms with Gasteiger partial charge in [-0.05, 0) is 54.5 Å². The summed E-state index contributed by atoms with van der Waals surface area (Å²) in [5.41, 5.74) is 5.52. The summed E-state index contributed by atoms with van der Waals surface area (Å²) in [4.78, 5) is 6.99. The van der Waals surface area contributed by atoms with Gasteiger partial charge in [-0.2, -0.15) is 0 Å². The maximum atomic E-state index is 5.60. The Morgan fingerprint density at radius 3 is 2.74 bits per heavy atom. The molecule has 1 saturated heterocycles. The van der Waals surface area contributed by atoms with E-state index in [1.165, 1.54) is 22.3 Å². The van der Waals surface area contributed by atoms with E-state index in [1.807, 2.05) is 7.05 Å². The van der Waals surface area contributed by atoms with E-state index in [9.17, 15) is 0 Å². The van der Waals surface area contributed by atoms with E-state index >= 15 is 0 Å². The predicted octanol–water partition coefficient (Wildman–Crippen LogP) is 3.92. The number of nitrogens with zero attached hydrogens (tertiary/aromatic N) is 2. The molecule has 6 heteroatoms. The smallest absolute Gasteiger partial charge is 0.191 e. The lowest BCUT2D eigenvalue weighted by atomic mass is 10.0. The average molecular weight is 534 g/mol. The molecule has 31 heavy (non-hydrogen) atoms. The van der Waals surface area contributed by atoms with Gasteiger partial charge in [-0.15, -0.1) is 24.0 Å². The van der Waals surface area contributed by atoms with E-state index in [0.29, 0.717) is 6.04 Å². The molecule has 0 amide bonds. The zero-order chi connectivity index (χ0) is 20.8. The first-order valence-electron chi connectivity index (χ1n) is 11.2. The molecule has 0 spiro atoms. The summed E-state index contributed by atoms with van der Waals surface area (Å²) in [6, 6.07) is 15.8. The highest BCUT2D eigenvalue weighted by molar-refractivity contribution is 14.0. The Kier molecular flexibility index (Phi) is 9.02. The summed E-state index contributed by atoms with van der Waals surface area (Å²) in [6.45, 7) is 7.21. The predicted molar refractivity (Wildman–Crippen MR) is 139 cm³/mol. The largest absolute Gasteiger partial charge is 0.493 e. The van der Waals surface area contributed by atoms with Crippen LogP contribution >= 0.6 is 24.0 Å². The van der Waals surface area contributed by atoms with E-state index in [-0.39, 0.29) is 24.0 Å². The Balaban J connectivity index is 0.00000272. The summed E-state index contributed by atoms with van der Waals surface area (Å²) in [7, 11) is 1.86. The molecule has 0 bridgehead atoms. The Morgan fingerprint density at radius 1 is 1.16 bits per heavy atom. The molecular weight excluding hydrogens is 499 g/mol. The molecule has 4 rings (SSSR count). The number of likely N-dealkylation sites (tertiary alicyclic amines) is 1. The normalized spacial score (nSPS) is 16.9. The molecule has 0 radical (unpaired) electrons. The van der Waals surface area contributed by atoms with Crippen LogP contribution in [-0.2, 0) is 19.4 Å². The Labute approximate surface area is 203 Å². The third kappa shape index (κ3) is 6.59. The van der Waals surface area contributed by atoms with Crippen molar-refractivity contribution in [2.45, 2.75) is 45.2 Å². The van der Waals surface area contributed by atoms with Crippen molar-refractivity contribution >= 4 is 29.9 Å². The van der Waals surface area contributed by atoms with Crippen LogP contribution in [-0.4, -0.2) is 50.2 Å². The number of piperidine rings is 1. The fourth-order valence-corrected chi connectivity index (χ4v) is 4.37. The molecule has 0 aliphatic carbocycles. The second-order valence-electron chi connectivity index (χ2n) is 8.41. The topological polar surface area (TPSA) is 48.9 Å². The zero-order valence-electron chi connectivity index (χ0n) is 18.7. The van der Waals surface area contributed by atoms with Crippen molar-refractivity contribution < 1.29 is 4.74 Å². The maximum absolute atomic E-state index is 5.60. The third-order valence-electron chi connectivity index (χ3n) is 6.27. The first-order chi connectivity index (χ1) is 14.7. The number of halogens is 1. The Hall–Kier alpha value is -1.80. The third-order valence-corrected chi connectivity index (χ3v) is 6.27. The van der Waals surface area contributed by atoms with Crippen LogP contribution in [0, 0.1) is 6.92 Å². The lowest BCUT2D eigenvalue weighted by molar-refractivity contribution is 0.198. The summed E-state index contributed by atoms with van der Waals surface area (Å²) in [5.74, 6) is 1.97. The van der Waals surface area contributed by atoms with Gasteiger partial charge in [0.25, 0.3) is 0 Å². The number of guanidine groups is 1. The number of benzene rings is 2. The van der Waals surface area contributed by atoms with Gasteiger partial charge in [0.15, 0.2) is 5.96 Å². The van der Waals surface area contributed by atoms with Crippen LogP contribution in [0.2, 0.25) is 0 Å². The number of hydrogen-bond donors (Lipinski definition) is 2. The first kappa shape index (κ1) is 23.9. The molecule has 2 aromatic carbocycles. The number of aliphatic imine (C=N–C) groups is 1. The summed E-state index contributed by atoms with van der Waals surface area (Å²) in [5, 5.41) is 7.11. The highest BCUT2D eigenvalue weighted by Gasteiger charge is 2.20. The van der Waals surface area contributed by atoms with Crippen molar-refractivity contribution in [1.82, 2.24) is 15.5 Å². The summed E-state index contributed by atoms with van der Waals surface area (Å²) < 4.78 is 5.60. The fourth-order valence-electron chi connectivity index (χ4n) is 4.37. The van der Waals surface area contributed by atoms with E-state index in [4.69, 9.17) is 4.74 Å². The van der Waals surface area contributed by atoms with Gasteiger partial charge >= 0.3 is 0 Å². The fraction of sp³-hybridized carbons (Fsp3) is 0.480. The van der Waals surface area contributed by atoms with Crippen LogP contribution in [0.5, 0.6) is 5.75 Å². The zero-order valence-corrected chi connectivity index (χ0v) is 21.0. The monoisotopic (exact) mass is 534 g/mol. The molecular formula is C25H35IN4O. The van der Waals surface area contributed by atoms with Gasteiger partial charge in [0, 0.05) is 45.7 Å². The van der Waals surface area contributed by atoms with Gasteiger partial charge in [-0.3, -0.25) is 9.89 Å². The quantitative estimate of drug-likeness (QED) is 0.335. The van der Waals surface area contributed by atoms with Gasteiger partial charge in [0.2, 0.25) is 0 Å². The van der Waals surface area contributed by atoms with Gasteiger partial charge in [0.05, 0.1) is 6.61 Å². The minimum atomic E-state index is 0. The second-order valence-corrected chi connectivity index (χ2v) is 8.41. The molecule has 168 valence electrons. The van der Waals surface area contributed by atoms with Gasteiger partial charge in [0.1, 0.15) is 5.75 Å². The number of ether oxygens (including phenoxy) is 1. The number of hydrogen-bond acceptors (Lipinski definition) is 3. The summed E-state index contributed by atoms with van der Waals surface area (Å²) >= 11 is 0. The Bertz CT molecular complexity index is 878. The maximum Gasteiger partial charge on any atom is 0.191 e. The minimum Gasteiger partial charge on any atom is -0.493 e. The minimum absolute atomic E-state index is 0. The SMILES string of the molecule is CN=C(NCCc1ccc2c(c1)CCO2)NC1CCN(Cc2ccccc2C)CC1.I. The number of fused-ring (bicyclic) bond motifs is 1. The van der Waals surface area contributed by atoms with E-state index in [2.05, 4.69) is 69.9 Å². The van der Waals surface area contributed by atoms with Crippen LogP contribution in [0.4, 0.5) is 0 Å². The lowest BCUT2D eigenvalue weighted by Crippen LogP contribution is -2.48. The van der Waals surface area contributed by atoms with Crippen molar-refractivity contribution in [3.05, 3.63) is 64.7 Å². The molecule has 2 aromatic rings. The molecule has 0 saturated carbocycles. The van der Waals surface area contributed by atoms with Crippen molar-refractivity contribution in [1.29, 1.82) is 0 Å². The second kappa shape index (κ2) is 11.7. The molecule has 2 heterocycles. The number of aryl methyl sites for hydroxylation is 1. The van der Waals surface area contributed by atoms with Crippen molar-refractivity contribution in [2.75, 3.05) is 33.3 Å². The molecule has 2 aliphatic heterocycles. The van der Waals surface area contributed by atoms with Gasteiger partial charge in [-0.25, -0.2) is 0 Å². The van der Waals surface area contributed by atoms with Crippen molar-refractivity contribution in [3.8, 4) is 5.75 Å². The molecule has 0 atom stereocenters. The van der Waals surface area contributed by atoms with E-state index in [1.54, 1.807) is 0 Å². The van der Waals surface area contributed by atoms with Gasteiger partial charge < -0.3 is 15.4 Å². The Morgan fingerprint density at radius 2 is 1.97 bits per heavy atom. The molecule has 5 nitrogen and oxygen atoms in total. The molecule has 2 N–H and O–H groups in total. The van der Waals surface area contributed by atoms with E-state index < -0.39 is 0 Å². The van der Waals surface area contributed by atoms with Crippen LogP contribution in [0.3, 0.4) is 0 Å². The molecule has 2 aliphatic rings. The average Bonchev–Trinajstić information content (AvgIpc) is 3.24. The number of rotatable bonds is 6. The van der Waals surface area contributed by atoms with Crippen molar-refractivity contribution in [3.63, 3.8) is 0 Å².